The normalized spacial score (nSPS) is 10.2. The number of hydrogen-bond donors (Lipinski definition) is 1. The molecule has 0 aliphatic rings. The first-order valence-electron chi connectivity index (χ1n) is 5.96. The first-order valence-corrected chi connectivity index (χ1v) is 5.96. The van der Waals surface area contributed by atoms with E-state index in [0.717, 1.165) is 6.07 Å². The maximum absolute atomic E-state index is 13.8. The van der Waals surface area contributed by atoms with Crippen molar-refractivity contribution in [2.75, 3.05) is 12.4 Å². The molecule has 0 heterocycles. The van der Waals surface area contributed by atoms with E-state index < -0.39 is 11.8 Å². The highest BCUT2D eigenvalue weighted by molar-refractivity contribution is 5.89. The molecule has 20 heavy (non-hydrogen) atoms. The molecule has 0 aliphatic carbocycles. The van der Waals surface area contributed by atoms with E-state index in [0.29, 0.717) is 11.3 Å². The molecule has 2 rings (SSSR count). The average Bonchev–Trinajstić information content (AvgIpc) is 2.45. The van der Waals surface area contributed by atoms with Gasteiger partial charge in [0.1, 0.15) is 11.6 Å². The molecule has 0 atom stereocenters. The highest BCUT2D eigenvalue weighted by atomic mass is 19.1. The van der Waals surface area contributed by atoms with Crippen molar-refractivity contribution in [3.05, 3.63) is 65.2 Å². The third-order valence-corrected chi connectivity index (χ3v) is 2.78. The molecule has 0 aliphatic heterocycles. The van der Waals surface area contributed by atoms with Crippen LogP contribution in [0.2, 0.25) is 0 Å². The number of halogens is 2. The second kappa shape index (κ2) is 6.14. The fourth-order valence-corrected chi connectivity index (χ4v) is 1.73. The summed E-state index contributed by atoms with van der Waals surface area (Å²) >= 11 is 0. The zero-order valence-corrected chi connectivity index (χ0v) is 10.8. The van der Waals surface area contributed by atoms with Crippen LogP contribution in [-0.4, -0.2) is 13.1 Å². The second-order valence-corrected chi connectivity index (χ2v) is 4.16. The minimum Gasteiger partial charge on any atom is -0.465 e. The Balaban J connectivity index is 2.08. The summed E-state index contributed by atoms with van der Waals surface area (Å²) in [5.74, 6) is -1.47. The molecular weight excluding hydrogens is 264 g/mol. The Morgan fingerprint density at radius 3 is 2.65 bits per heavy atom. The Hall–Kier alpha value is -2.43. The lowest BCUT2D eigenvalue weighted by molar-refractivity contribution is 0.0600. The first kappa shape index (κ1) is 14.0. The van der Waals surface area contributed by atoms with Gasteiger partial charge in [-0.2, -0.15) is 0 Å². The Morgan fingerprint density at radius 1 is 1.20 bits per heavy atom. The van der Waals surface area contributed by atoms with E-state index in [-0.39, 0.29) is 17.9 Å². The number of ether oxygens (including phenoxy) is 1. The van der Waals surface area contributed by atoms with Crippen molar-refractivity contribution in [1.82, 2.24) is 0 Å². The van der Waals surface area contributed by atoms with Gasteiger partial charge in [0.2, 0.25) is 0 Å². The van der Waals surface area contributed by atoms with Crippen LogP contribution in [0, 0.1) is 11.6 Å². The van der Waals surface area contributed by atoms with Gasteiger partial charge < -0.3 is 10.1 Å². The van der Waals surface area contributed by atoms with Gasteiger partial charge in [0.15, 0.2) is 0 Å². The van der Waals surface area contributed by atoms with Gasteiger partial charge in [-0.1, -0.05) is 12.1 Å². The molecule has 0 spiro atoms. The molecule has 5 heteroatoms. The largest absolute Gasteiger partial charge is 0.465 e. The highest BCUT2D eigenvalue weighted by Gasteiger charge is 2.09. The van der Waals surface area contributed by atoms with Crippen LogP contribution in [0.15, 0.2) is 42.5 Å². The van der Waals surface area contributed by atoms with Gasteiger partial charge in [-0.25, -0.2) is 13.6 Å². The maximum Gasteiger partial charge on any atom is 0.337 e. The van der Waals surface area contributed by atoms with Crippen LogP contribution in [0.3, 0.4) is 0 Å². The minimum atomic E-state index is -0.589. The van der Waals surface area contributed by atoms with E-state index >= 15 is 0 Å². The fraction of sp³-hybridized carbons (Fsp3) is 0.133. The molecule has 0 saturated carbocycles. The topological polar surface area (TPSA) is 38.3 Å². The summed E-state index contributed by atoms with van der Waals surface area (Å²) in [4.78, 5) is 11.2. The van der Waals surface area contributed by atoms with Gasteiger partial charge in [-0.05, 0) is 30.3 Å². The molecule has 2 aromatic carbocycles. The summed E-state index contributed by atoms with van der Waals surface area (Å²) in [5.41, 5.74) is 1.09. The molecule has 0 fully saturated rings. The van der Waals surface area contributed by atoms with Gasteiger partial charge in [0, 0.05) is 17.8 Å². The van der Waals surface area contributed by atoms with E-state index in [1.807, 2.05) is 0 Å². The lowest BCUT2D eigenvalue weighted by Gasteiger charge is -2.08. The van der Waals surface area contributed by atoms with Gasteiger partial charge in [0.25, 0.3) is 0 Å². The number of methoxy groups -OCH3 is 1. The third-order valence-electron chi connectivity index (χ3n) is 2.78. The highest BCUT2D eigenvalue weighted by Crippen LogP contribution is 2.15. The quantitative estimate of drug-likeness (QED) is 0.871. The van der Waals surface area contributed by atoms with Gasteiger partial charge in [0.05, 0.1) is 12.7 Å². The molecule has 0 bridgehead atoms. The number of hydrogen-bond acceptors (Lipinski definition) is 3. The summed E-state index contributed by atoms with van der Waals surface area (Å²) in [7, 11) is 1.24. The predicted molar refractivity (Wildman–Crippen MR) is 71.5 cm³/mol. The predicted octanol–water partition coefficient (Wildman–Crippen LogP) is 3.36. The number of nitrogens with one attached hydrogen (secondary N) is 1. The van der Waals surface area contributed by atoms with Gasteiger partial charge >= 0.3 is 5.97 Å². The zero-order valence-electron chi connectivity index (χ0n) is 10.8. The molecule has 104 valence electrons. The summed E-state index contributed by atoms with van der Waals surface area (Å²) in [6.45, 7) is 0.191. The molecule has 0 aromatic heterocycles. The van der Waals surface area contributed by atoms with E-state index in [1.165, 1.54) is 31.4 Å². The average molecular weight is 277 g/mol. The zero-order chi connectivity index (χ0) is 14.5. The molecule has 2 aromatic rings. The third kappa shape index (κ3) is 3.32. The van der Waals surface area contributed by atoms with Crippen molar-refractivity contribution in [2.24, 2.45) is 0 Å². The Bertz CT molecular complexity index is 629. The number of rotatable bonds is 4. The fourth-order valence-electron chi connectivity index (χ4n) is 1.73. The van der Waals surface area contributed by atoms with Crippen LogP contribution in [0.5, 0.6) is 0 Å². The summed E-state index contributed by atoms with van der Waals surface area (Å²) < 4.78 is 31.3. The lowest BCUT2D eigenvalue weighted by Crippen LogP contribution is -2.06. The van der Waals surface area contributed by atoms with E-state index in [2.05, 4.69) is 10.1 Å². The number of carbonyl (C=O) groups excluding carboxylic acids is 1. The molecule has 0 unspecified atom stereocenters. The maximum atomic E-state index is 13.8. The van der Waals surface area contributed by atoms with Crippen LogP contribution in [-0.2, 0) is 11.3 Å². The Labute approximate surface area is 115 Å². The smallest absolute Gasteiger partial charge is 0.337 e. The van der Waals surface area contributed by atoms with Crippen LogP contribution in [0.4, 0.5) is 14.5 Å². The molecule has 0 saturated heterocycles. The van der Waals surface area contributed by atoms with Crippen molar-refractivity contribution in [3.63, 3.8) is 0 Å². The monoisotopic (exact) mass is 277 g/mol. The standard InChI is InChI=1S/C15H13F2NO2/c1-20-15(19)10-5-6-11(14(17)7-10)9-18-13-4-2-3-12(16)8-13/h2-8,18H,9H2,1H3. The van der Waals surface area contributed by atoms with Crippen molar-refractivity contribution < 1.29 is 18.3 Å². The summed E-state index contributed by atoms with van der Waals surface area (Å²) in [6.07, 6.45) is 0. The van der Waals surface area contributed by atoms with Gasteiger partial charge in [-0.15, -0.1) is 0 Å². The van der Waals surface area contributed by atoms with E-state index in [4.69, 9.17) is 0 Å². The molecular formula is C15H13F2NO2. The molecule has 0 amide bonds. The van der Waals surface area contributed by atoms with Crippen LogP contribution in [0.1, 0.15) is 15.9 Å². The molecule has 3 nitrogen and oxygen atoms in total. The number of anilines is 1. The molecule has 1 N–H and O–H groups in total. The summed E-state index contributed by atoms with van der Waals surface area (Å²) in [5, 5.41) is 2.91. The minimum absolute atomic E-state index is 0.152. The second-order valence-electron chi connectivity index (χ2n) is 4.16. The number of benzene rings is 2. The van der Waals surface area contributed by atoms with Crippen molar-refractivity contribution in [1.29, 1.82) is 0 Å². The van der Waals surface area contributed by atoms with Crippen molar-refractivity contribution >= 4 is 11.7 Å². The molecule has 0 radical (unpaired) electrons. The van der Waals surface area contributed by atoms with Crippen molar-refractivity contribution in [3.8, 4) is 0 Å². The van der Waals surface area contributed by atoms with Gasteiger partial charge in [-0.3, -0.25) is 0 Å². The van der Waals surface area contributed by atoms with E-state index in [9.17, 15) is 13.6 Å². The lowest BCUT2D eigenvalue weighted by atomic mass is 10.1. The summed E-state index contributed by atoms with van der Waals surface area (Å²) in [6, 6.07) is 10.00. The van der Waals surface area contributed by atoms with E-state index in [1.54, 1.807) is 12.1 Å². The SMILES string of the molecule is COC(=O)c1ccc(CNc2cccc(F)c2)c(F)c1. The van der Waals surface area contributed by atoms with Crippen molar-refractivity contribution in [2.45, 2.75) is 6.54 Å². The number of carbonyl (C=O) groups is 1. The van der Waals surface area contributed by atoms with Crippen LogP contribution in [0.25, 0.3) is 0 Å². The Kier molecular flexibility index (Phi) is 4.30. The van der Waals surface area contributed by atoms with Crippen LogP contribution < -0.4 is 5.32 Å². The van der Waals surface area contributed by atoms with Crippen LogP contribution >= 0.6 is 0 Å². The Morgan fingerprint density at radius 2 is 2.00 bits per heavy atom. The first-order chi connectivity index (χ1) is 9.60. The number of esters is 1.